The summed E-state index contributed by atoms with van der Waals surface area (Å²) in [4.78, 5) is 5.25. The highest BCUT2D eigenvalue weighted by molar-refractivity contribution is 7.99. The molecule has 0 unspecified atom stereocenters. The molecule has 1 aromatic rings. The molecule has 8 heteroatoms. The van der Waals surface area contributed by atoms with Crippen molar-refractivity contribution < 1.29 is 8.42 Å². The fourth-order valence-electron chi connectivity index (χ4n) is 1.70. The Balaban J connectivity index is 2.29. The number of benzene rings is 1. The first-order valence-corrected chi connectivity index (χ1v) is 10.7. The second-order valence-electron chi connectivity index (χ2n) is 6.16. The van der Waals surface area contributed by atoms with Gasteiger partial charge in [-0.3, -0.25) is 4.99 Å². The van der Waals surface area contributed by atoms with Crippen molar-refractivity contribution in [3.8, 4) is 0 Å². The zero-order valence-electron chi connectivity index (χ0n) is 14.6. The van der Waals surface area contributed by atoms with Crippen LogP contribution in [0.4, 0.5) is 0 Å². The van der Waals surface area contributed by atoms with Gasteiger partial charge in [-0.1, -0.05) is 11.6 Å². The first-order chi connectivity index (χ1) is 11.2. The highest BCUT2D eigenvalue weighted by Gasteiger charge is 2.28. The molecular weight excluding hydrogens is 366 g/mol. The maximum Gasteiger partial charge on any atom is 0.191 e. The second kappa shape index (κ2) is 9.53. The zero-order valence-corrected chi connectivity index (χ0v) is 17.0. The summed E-state index contributed by atoms with van der Waals surface area (Å²) in [6, 6.07) is 7.70. The van der Waals surface area contributed by atoms with E-state index in [-0.39, 0.29) is 5.75 Å². The molecule has 0 bridgehead atoms. The molecule has 0 aliphatic carbocycles. The van der Waals surface area contributed by atoms with E-state index >= 15 is 0 Å². The highest BCUT2D eigenvalue weighted by Crippen LogP contribution is 2.19. The largest absolute Gasteiger partial charge is 0.356 e. The van der Waals surface area contributed by atoms with Crippen LogP contribution in [-0.2, 0) is 9.84 Å². The lowest BCUT2D eigenvalue weighted by atomic mass is 10.3. The number of sulfone groups is 1. The number of rotatable bonds is 7. The minimum atomic E-state index is -3.13. The standard InChI is InChI=1S/C16H26ClN3O2S2/c1-16(2,3)24(21,22)12-10-20-15(18-4)19-9-11-23-14-7-5-13(17)6-8-14/h5-8H,9-12H2,1-4H3,(H2,18,19,20). The van der Waals surface area contributed by atoms with Crippen LogP contribution in [0.1, 0.15) is 20.8 Å². The number of nitrogens with one attached hydrogen (secondary N) is 2. The van der Waals surface area contributed by atoms with Crippen molar-refractivity contribution in [2.24, 2.45) is 4.99 Å². The lowest BCUT2D eigenvalue weighted by Crippen LogP contribution is -2.42. The molecule has 1 rings (SSSR count). The molecule has 0 fully saturated rings. The van der Waals surface area contributed by atoms with Gasteiger partial charge in [-0.15, -0.1) is 11.8 Å². The van der Waals surface area contributed by atoms with Crippen molar-refractivity contribution in [3.63, 3.8) is 0 Å². The molecule has 0 spiro atoms. The Bertz CT molecular complexity index is 638. The van der Waals surface area contributed by atoms with Crippen molar-refractivity contribution in [2.75, 3.05) is 31.6 Å². The van der Waals surface area contributed by atoms with Crippen molar-refractivity contribution in [1.82, 2.24) is 10.6 Å². The fourth-order valence-corrected chi connectivity index (χ4v) is 3.58. The van der Waals surface area contributed by atoms with Gasteiger partial charge in [0, 0.05) is 35.8 Å². The number of thioether (sulfide) groups is 1. The van der Waals surface area contributed by atoms with Crippen molar-refractivity contribution >= 4 is 39.2 Å². The van der Waals surface area contributed by atoms with Gasteiger partial charge in [-0.05, 0) is 45.0 Å². The van der Waals surface area contributed by atoms with E-state index in [1.54, 1.807) is 39.6 Å². The lowest BCUT2D eigenvalue weighted by Gasteiger charge is -2.19. The molecule has 136 valence electrons. The van der Waals surface area contributed by atoms with Crippen LogP contribution < -0.4 is 10.6 Å². The molecule has 5 nitrogen and oxygen atoms in total. The van der Waals surface area contributed by atoms with Crippen LogP contribution in [0.15, 0.2) is 34.2 Å². The summed E-state index contributed by atoms with van der Waals surface area (Å²) < 4.78 is 23.4. The monoisotopic (exact) mass is 391 g/mol. The van der Waals surface area contributed by atoms with Gasteiger partial charge < -0.3 is 10.6 Å². The van der Waals surface area contributed by atoms with E-state index in [0.717, 1.165) is 22.2 Å². The summed E-state index contributed by atoms with van der Waals surface area (Å²) in [5.41, 5.74) is 0. The van der Waals surface area contributed by atoms with Crippen LogP contribution in [0, 0.1) is 0 Å². The molecule has 0 aliphatic heterocycles. The average molecular weight is 392 g/mol. The van der Waals surface area contributed by atoms with E-state index in [9.17, 15) is 8.42 Å². The molecule has 0 heterocycles. The molecule has 0 aliphatic rings. The first kappa shape index (κ1) is 21.1. The Morgan fingerprint density at radius 2 is 1.75 bits per heavy atom. The predicted molar refractivity (Wildman–Crippen MR) is 105 cm³/mol. The molecule has 24 heavy (non-hydrogen) atoms. The van der Waals surface area contributed by atoms with E-state index in [1.807, 2.05) is 24.3 Å². The second-order valence-corrected chi connectivity index (χ2v) is 10.6. The molecule has 0 amide bonds. The molecule has 0 atom stereocenters. The lowest BCUT2D eigenvalue weighted by molar-refractivity contribution is 0.559. The SMILES string of the molecule is CN=C(NCCSc1ccc(Cl)cc1)NCCS(=O)(=O)C(C)(C)C. The molecule has 0 aromatic heterocycles. The van der Waals surface area contributed by atoms with E-state index in [0.29, 0.717) is 12.5 Å². The van der Waals surface area contributed by atoms with Crippen LogP contribution >= 0.6 is 23.4 Å². The number of halogens is 1. The van der Waals surface area contributed by atoms with Gasteiger partial charge in [0.1, 0.15) is 0 Å². The van der Waals surface area contributed by atoms with Gasteiger partial charge in [0.25, 0.3) is 0 Å². The van der Waals surface area contributed by atoms with Gasteiger partial charge in [0.15, 0.2) is 15.8 Å². The third-order valence-corrected chi connectivity index (χ3v) is 7.17. The van der Waals surface area contributed by atoms with Crippen molar-refractivity contribution in [2.45, 2.75) is 30.4 Å². The Labute approximate surface area is 154 Å². The summed E-state index contributed by atoms with van der Waals surface area (Å²) in [6.45, 7) is 6.19. The quantitative estimate of drug-likeness (QED) is 0.323. The topological polar surface area (TPSA) is 70.6 Å². The summed E-state index contributed by atoms with van der Waals surface area (Å²) >= 11 is 7.57. The zero-order chi connectivity index (χ0) is 18.2. The van der Waals surface area contributed by atoms with E-state index in [4.69, 9.17) is 11.6 Å². The highest BCUT2D eigenvalue weighted by atomic mass is 35.5. The third-order valence-electron chi connectivity index (χ3n) is 3.30. The number of guanidine groups is 1. The number of hydrogen-bond donors (Lipinski definition) is 2. The van der Waals surface area contributed by atoms with E-state index in [1.165, 1.54) is 0 Å². The maximum absolute atomic E-state index is 12.1. The molecule has 2 N–H and O–H groups in total. The normalized spacial score (nSPS) is 13.0. The van der Waals surface area contributed by atoms with Crippen LogP contribution in [-0.4, -0.2) is 50.8 Å². The van der Waals surface area contributed by atoms with E-state index in [2.05, 4.69) is 15.6 Å². The molecule has 0 saturated heterocycles. The first-order valence-electron chi connectivity index (χ1n) is 7.71. The Morgan fingerprint density at radius 1 is 1.17 bits per heavy atom. The number of nitrogens with zero attached hydrogens (tertiary/aromatic N) is 1. The molecular formula is C16H26ClN3O2S2. The van der Waals surface area contributed by atoms with Crippen LogP contribution in [0.2, 0.25) is 5.02 Å². The molecule has 0 saturated carbocycles. The number of hydrogen-bond acceptors (Lipinski definition) is 4. The smallest absolute Gasteiger partial charge is 0.191 e. The average Bonchev–Trinajstić information content (AvgIpc) is 2.50. The Hall–Kier alpha value is -0.920. The van der Waals surface area contributed by atoms with Crippen LogP contribution in [0.25, 0.3) is 0 Å². The van der Waals surface area contributed by atoms with Crippen LogP contribution in [0.3, 0.4) is 0 Å². The summed E-state index contributed by atoms with van der Waals surface area (Å²) in [7, 11) is -1.46. The van der Waals surface area contributed by atoms with Gasteiger partial charge in [-0.25, -0.2) is 8.42 Å². The molecule has 0 radical (unpaired) electrons. The molecule has 1 aromatic carbocycles. The summed E-state index contributed by atoms with van der Waals surface area (Å²) in [5, 5.41) is 6.94. The summed E-state index contributed by atoms with van der Waals surface area (Å²) in [5.74, 6) is 1.55. The van der Waals surface area contributed by atoms with Gasteiger partial charge in [-0.2, -0.15) is 0 Å². The van der Waals surface area contributed by atoms with Crippen molar-refractivity contribution in [1.29, 1.82) is 0 Å². The van der Waals surface area contributed by atoms with Gasteiger partial charge in [0.2, 0.25) is 0 Å². The fraction of sp³-hybridized carbons (Fsp3) is 0.562. The maximum atomic E-state index is 12.1. The third kappa shape index (κ3) is 7.32. The summed E-state index contributed by atoms with van der Waals surface area (Å²) in [6.07, 6.45) is 0. The van der Waals surface area contributed by atoms with Crippen molar-refractivity contribution in [3.05, 3.63) is 29.3 Å². The van der Waals surface area contributed by atoms with Gasteiger partial charge >= 0.3 is 0 Å². The predicted octanol–water partition coefficient (Wildman–Crippen LogP) is 2.81. The van der Waals surface area contributed by atoms with Gasteiger partial charge in [0.05, 0.1) is 10.5 Å². The van der Waals surface area contributed by atoms with E-state index < -0.39 is 14.6 Å². The Morgan fingerprint density at radius 3 is 2.29 bits per heavy atom. The minimum Gasteiger partial charge on any atom is -0.356 e. The number of aliphatic imine (C=N–C) groups is 1. The minimum absolute atomic E-state index is 0.0801. The van der Waals surface area contributed by atoms with Crippen LogP contribution in [0.5, 0.6) is 0 Å². The Kier molecular flexibility index (Phi) is 8.39.